The van der Waals surface area contributed by atoms with Crippen LogP contribution >= 0.6 is 11.6 Å². The predicted molar refractivity (Wildman–Crippen MR) is 58.0 cm³/mol. The topological polar surface area (TPSA) is 12.0 Å². The summed E-state index contributed by atoms with van der Waals surface area (Å²) >= 11 is 5.87. The number of nitrogens with one attached hydrogen (secondary N) is 1. The molecule has 0 spiro atoms. The van der Waals surface area contributed by atoms with E-state index in [0.29, 0.717) is 6.04 Å². The van der Waals surface area contributed by atoms with Crippen molar-refractivity contribution in [2.45, 2.75) is 32.9 Å². The maximum absolute atomic E-state index is 5.87. The minimum absolute atomic E-state index is 0. The molecule has 1 N–H and O–H groups in total. The van der Waals surface area contributed by atoms with Gasteiger partial charge in [0, 0.05) is 17.6 Å². The van der Waals surface area contributed by atoms with E-state index in [-0.39, 0.29) is 12.4 Å². The van der Waals surface area contributed by atoms with Crippen molar-refractivity contribution >= 4 is 11.6 Å². The molecule has 80 valence electrons. The van der Waals surface area contributed by atoms with Crippen LogP contribution in [0.25, 0.3) is 0 Å². The highest BCUT2D eigenvalue weighted by Crippen LogP contribution is 2.10. The number of hydrogen-bond donors (Lipinski definition) is 1. The van der Waals surface area contributed by atoms with E-state index in [0.717, 1.165) is 18.0 Å². The number of halogens is 2. The lowest BCUT2D eigenvalue weighted by atomic mass is 10.2. The molecule has 0 saturated carbocycles. The maximum atomic E-state index is 5.87. The fourth-order valence-electron chi connectivity index (χ4n) is 1.08. The van der Waals surface area contributed by atoms with Gasteiger partial charge in [0.25, 0.3) is 0 Å². The Morgan fingerprint density at radius 1 is 1.43 bits per heavy atom. The van der Waals surface area contributed by atoms with Gasteiger partial charge in [-0.2, -0.15) is 0 Å². The standard InChI is InChI=1S/C11H16ClN.ClH/c1-3-9(2)13-8-10-5-4-6-11(12)7-10;/h4-7,9,13H,3,8H2,1-2H3;1H/p-1. The van der Waals surface area contributed by atoms with Crippen molar-refractivity contribution in [2.24, 2.45) is 0 Å². The lowest BCUT2D eigenvalue weighted by molar-refractivity contribution is -0.00000281. The quantitative estimate of drug-likeness (QED) is 0.785. The molecule has 0 radical (unpaired) electrons. The summed E-state index contributed by atoms with van der Waals surface area (Å²) in [5.74, 6) is 0. The monoisotopic (exact) mass is 232 g/mol. The number of benzene rings is 1. The Morgan fingerprint density at radius 2 is 2.14 bits per heavy atom. The third kappa shape index (κ3) is 4.85. The molecule has 1 aromatic rings. The summed E-state index contributed by atoms with van der Waals surface area (Å²) in [5, 5.41) is 4.23. The fourth-order valence-corrected chi connectivity index (χ4v) is 1.30. The van der Waals surface area contributed by atoms with Gasteiger partial charge in [-0.3, -0.25) is 0 Å². The molecule has 1 aromatic carbocycles. The van der Waals surface area contributed by atoms with Crippen LogP contribution in [-0.2, 0) is 6.54 Å². The highest BCUT2D eigenvalue weighted by molar-refractivity contribution is 6.30. The zero-order chi connectivity index (χ0) is 9.68. The summed E-state index contributed by atoms with van der Waals surface area (Å²) in [6.45, 7) is 5.26. The molecule has 3 heteroatoms. The summed E-state index contributed by atoms with van der Waals surface area (Å²) in [6.07, 6.45) is 1.15. The van der Waals surface area contributed by atoms with Crippen LogP contribution in [-0.4, -0.2) is 6.04 Å². The molecule has 0 fully saturated rings. The summed E-state index contributed by atoms with van der Waals surface area (Å²) < 4.78 is 0. The molecular weight excluding hydrogens is 217 g/mol. The molecule has 1 nitrogen and oxygen atoms in total. The Kier molecular flexibility index (Phi) is 6.98. The van der Waals surface area contributed by atoms with Crippen molar-refractivity contribution in [1.29, 1.82) is 0 Å². The summed E-state index contributed by atoms with van der Waals surface area (Å²) in [7, 11) is 0. The zero-order valence-electron chi connectivity index (χ0n) is 8.56. The zero-order valence-corrected chi connectivity index (χ0v) is 10.1. The first-order valence-electron chi connectivity index (χ1n) is 4.70. The Hall–Kier alpha value is -0.240. The lowest BCUT2D eigenvalue weighted by Crippen LogP contribution is -3.00. The molecule has 0 aliphatic heterocycles. The second kappa shape index (κ2) is 7.10. The Morgan fingerprint density at radius 3 is 2.71 bits per heavy atom. The summed E-state index contributed by atoms with van der Waals surface area (Å²) in [4.78, 5) is 0. The van der Waals surface area contributed by atoms with Gasteiger partial charge in [-0.1, -0.05) is 30.7 Å². The van der Waals surface area contributed by atoms with Gasteiger partial charge in [0.2, 0.25) is 0 Å². The van der Waals surface area contributed by atoms with Crippen LogP contribution in [0.1, 0.15) is 25.8 Å². The van der Waals surface area contributed by atoms with Crippen LogP contribution < -0.4 is 17.7 Å². The van der Waals surface area contributed by atoms with E-state index in [1.54, 1.807) is 0 Å². The van der Waals surface area contributed by atoms with Gasteiger partial charge < -0.3 is 17.7 Å². The van der Waals surface area contributed by atoms with Crippen LogP contribution in [0, 0.1) is 0 Å². The van der Waals surface area contributed by atoms with E-state index in [2.05, 4.69) is 25.2 Å². The maximum Gasteiger partial charge on any atom is 0.0409 e. The van der Waals surface area contributed by atoms with E-state index < -0.39 is 0 Å². The van der Waals surface area contributed by atoms with Crippen molar-refractivity contribution in [3.63, 3.8) is 0 Å². The molecule has 14 heavy (non-hydrogen) atoms. The first-order chi connectivity index (χ1) is 6.22. The summed E-state index contributed by atoms with van der Waals surface area (Å²) in [5.41, 5.74) is 1.24. The molecule has 0 aromatic heterocycles. The normalized spacial score (nSPS) is 11.9. The SMILES string of the molecule is CCC(C)NCc1cccc(Cl)c1.[Cl-]. The summed E-state index contributed by atoms with van der Waals surface area (Å²) in [6, 6.07) is 8.53. The average Bonchev–Trinajstić information content (AvgIpc) is 2.14. The van der Waals surface area contributed by atoms with Crippen molar-refractivity contribution < 1.29 is 12.4 Å². The Balaban J connectivity index is 0.00000169. The number of hydrogen-bond acceptors (Lipinski definition) is 1. The molecule has 0 heterocycles. The second-order valence-corrected chi connectivity index (χ2v) is 3.76. The molecule has 0 saturated heterocycles. The highest BCUT2D eigenvalue weighted by Gasteiger charge is 1.98. The molecule has 1 unspecified atom stereocenters. The van der Waals surface area contributed by atoms with Crippen molar-refractivity contribution in [2.75, 3.05) is 0 Å². The Bertz CT molecular complexity index is 263. The van der Waals surface area contributed by atoms with Crippen LogP contribution in [0.15, 0.2) is 24.3 Å². The average molecular weight is 233 g/mol. The van der Waals surface area contributed by atoms with Gasteiger partial charge in [0.05, 0.1) is 0 Å². The Labute approximate surface area is 97.3 Å². The molecule has 0 bridgehead atoms. The smallest absolute Gasteiger partial charge is 0.0409 e. The van der Waals surface area contributed by atoms with E-state index in [1.165, 1.54) is 5.56 Å². The third-order valence-corrected chi connectivity index (χ3v) is 2.39. The van der Waals surface area contributed by atoms with Crippen LogP contribution in [0.5, 0.6) is 0 Å². The minimum Gasteiger partial charge on any atom is -1.00 e. The van der Waals surface area contributed by atoms with Crippen LogP contribution in [0.4, 0.5) is 0 Å². The largest absolute Gasteiger partial charge is 1.00 e. The molecule has 0 aliphatic carbocycles. The van der Waals surface area contributed by atoms with Gasteiger partial charge in [-0.05, 0) is 31.0 Å². The fraction of sp³-hybridized carbons (Fsp3) is 0.455. The van der Waals surface area contributed by atoms with E-state index >= 15 is 0 Å². The van der Waals surface area contributed by atoms with Gasteiger partial charge in [-0.25, -0.2) is 0 Å². The van der Waals surface area contributed by atoms with E-state index in [1.807, 2.05) is 18.2 Å². The first kappa shape index (κ1) is 13.8. The molecule has 0 amide bonds. The highest BCUT2D eigenvalue weighted by atomic mass is 35.5. The molecular formula is C11H16Cl2N-. The van der Waals surface area contributed by atoms with Crippen molar-refractivity contribution in [1.82, 2.24) is 5.32 Å². The molecule has 1 atom stereocenters. The van der Waals surface area contributed by atoms with Gasteiger partial charge >= 0.3 is 0 Å². The third-order valence-electron chi connectivity index (χ3n) is 2.16. The van der Waals surface area contributed by atoms with Gasteiger partial charge in [0.1, 0.15) is 0 Å². The minimum atomic E-state index is 0. The van der Waals surface area contributed by atoms with Crippen LogP contribution in [0.3, 0.4) is 0 Å². The van der Waals surface area contributed by atoms with Crippen molar-refractivity contribution in [3.8, 4) is 0 Å². The van der Waals surface area contributed by atoms with Crippen LogP contribution in [0.2, 0.25) is 5.02 Å². The first-order valence-corrected chi connectivity index (χ1v) is 5.08. The van der Waals surface area contributed by atoms with Gasteiger partial charge in [0.15, 0.2) is 0 Å². The van der Waals surface area contributed by atoms with Gasteiger partial charge in [-0.15, -0.1) is 0 Å². The molecule has 0 aliphatic rings. The second-order valence-electron chi connectivity index (χ2n) is 3.32. The van der Waals surface area contributed by atoms with E-state index in [4.69, 9.17) is 11.6 Å². The lowest BCUT2D eigenvalue weighted by Gasteiger charge is -2.10. The molecule has 1 rings (SSSR count). The van der Waals surface area contributed by atoms with Crippen molar-refractivity contribution in [3.05, 3.63) is 34.9 Å². The predicted octanol–water partition coefficient (Wildman–Crippen LogP) is 0.232. The van der Waals surface area contributed by atoms with E-state index in [9.17, 15) is 0 Å². The number of rotatable bonds is 4.